The molecule has 1 N–H and O–H groups in total. The van der Waals surface area contributed by atoms with Crippen LogP contribution < -0.4 is 0 Å². The van der Waals surface area contributed by atoms with Crippen LogP contribution in [0.5, 0.6) is 0 Å². The lowest BCUT2D eigenvalue weighted by Crippen LogP contribution is -2.17. The van der Waals surface area contributed by atoms with Gasteiger partial charge in [-0.3, -0.25) is 0 Å². The van der Waals surface area contributed by atoms with E-state index in [0.29, 0.717) is 22.3 Å². The molecule has 0 unspecified atom stereocenters. The lowest BCUT2D eigenvalue weighted by molar-refractivity contribution is -0.141. The third-order valence-corrected chi connectivity index (χ3v) is 7.06. The number of benzene rings is 3. The van der Waals surface area contributed by atoms with Crippen LogP contribution in [0.15, 0.2) is 77.7 Å². The Morgan fingerprint density at radius 3 is 2.22 bits per heavy atom. The maximum Gasteiger partial charge on any atom is 0.435 e. The number of nitrogens with zero attached hydrogens (tertiary/aromatic N) is 2. The van der Waals surface area contributed by atoms with Crippen LogP contribution in [-0.4, -0.2) is 29.6 Å². The standard InChI is InChI=1S/C26H22ClF3N2O3S/c1-25(2,33)20-14-17(11-12-19(20)16-7-6-8-18(13-16)36(3,34)35)23-15-24(26(28,29)30)31-32(23)22-10-5-4-9-21(22)27/h4-15,33H,1-3H3. The van der Waals surface area contributed by atoms with Gasteiger partial charge in [-0.2, -0.15) is 18.3 Å². The molecule has 0 bridgehead atoms. The molecule has 0 saturated carbocycles. The van der Waals surface area contributed by atoms with Crippen LogP contribution in [0.3, 0.4) is 0 Å². The van der Waals surface area contributed by atoms with Crippen molar-refractivity contribution in [2.75, 3.05) is 6.26 Å². The fourth-order valence-electron chi connectivity index (χ4n) is 3.89. The molecule has 0 spiro atoms. The molecule has 0 aliphatic carbocycles. The highest BCUT2D eigenvalue weighted by Crippen LogP contribution is 2.39. The molecular weight excluding hydrogens is 513 g/mol. The summed E-state index contributed by atoms with van der Waals surface area (Å²) in [6.07, 6.45) is -3.59. The van der Waals surface area contributed by atoms with Crippen molar-refractivity contribution in [2.24, 2.45) is 0 Å². The van der Waals surface area contributed by atoms with E-state index >= 15 is 0 Å². The summed E-state index contributed by atoms with van der Waals surface area (Å²) in [5, 5.41) is 14.9. The van der Waals surface area contributed by atoms with Crippen LogP contribution in [0.4, 0.5) is 13.2 Å². The monoisotopic (exact) mass is 534 g/mol. The smallest absolute Gasteiger partial charge is 0.386 e. The summed E-state index contributed by atoms with van der Waals surface area (Å²) in [7, 11) is -3.48. The number of rotatable bonds is 5. The Kier molecular flexibility index (Phi) is 6.53. The van der Waals surface area contributed by atoms with Crippen LogP contribution in [0.1, 0.15) is 25.1 Å². The molecule has 1 aromatic heterocycles. The van der Waals surface area contributed by atoms with Gasteiger partial charge in [-0.05, 0) is 66.9 Å². The van der Waals surface area contributed by atoms with E-state index in [2.05, 4.69) is 5.10 Å². The van der Waals surface area contributed by atoms with Gasteiger partial charge in [-0.25, -0.2) is 13.1 Å². The van der Waals surface area contributed by atoms with Crippen LogP contribution in [-0.2, 0) is 21.6 Å². The fourth-order valence-corrected chi connectivity index (χ4v) is 4.77. The highest BCUT2D eigenvalue weighted by atomic mass is 35.5. The van der Waals surface area contributed by atoms with Gasteiger partial charge in [0, 0.05) is 11.8 Å². The van der Waals surface area contributed by atoms with Gasteiger partial charge in [-0.15, -0.1) is 0 Å². The summed E-state index contributed by atoms with van der Waals surface area (Å²) < 4.78 is 66.1. The van der Waals surface area contributed by atoms with Gasteiger partial charge in [0.2, 0.25) is 0 Å². The molecule has 0 aliphatic rings. The van der Waals surface area contributed by atoms with Crippen molar-refractivity contribution in [3.05, 3.63) is 89.1 Å². The first kappa shape index (κ1) is 25.9. The summed E-state index contributed by atoms with van der Waals surface area (Å²) in [5.74, 6) is 0. The second-order valence-corrected chi connectivity index (χ2v) is 11.3. The minimum Gasteiger partial charge on any atom is -0.386 e. The maximum atomic E-state index is 13.6. The van der Waals surface area contributed by atoms with Crippen molar-refractivity contribution >= 4 is 21.4 Å². The number of hydrogen-bond acceptors (Lipinski definition) is 4. The third-order valence-electron chi connectivity index (χ3n) is 5.63. The van der Waals surface area contributed by atoms with E-state index in [1.165, 1.54) is 12.1 Å². The highest BCUT2D eigenvalue weighted by Gasteiger charge is 2.36. The topological polar surface area (TPSA) is 72.2 Å². The quantitative estimate of drug-likeness (QED) is 0.317. The first-order valence-corrected chi connectivity index (χ1v) is 13.0. The van der Waals surface area contributed by atoms with Crippen molar-refractivity contribution in [3.63, 3.8) is 0 Å². The van der Waals surface area contributed by atoms with Crippen LogP contribution in [0.25, 0.3) is 28.1 Å². The van der Waals surface area contributed by atoms with Gasteiger partial charge in [0.05, 0.1) is 26.9 Å². The Bertz CT molecular complexity index is 1560. The molecule has 4 aromatic rings. The number of halogens is 4. The molecule has 5 nitrogen and oxygen atoms in total. The predicted molar refractivity (Wildman–Crippen MR) is 133 cm³/mol. The first-order chi connectivity index (χ1) is 16.7. The summed E-state index contributed by atoms with van der Waals surface area (Å²) >= 11 is 6.27. The Balaban J connectivity index is 1.96. The highest BCUT2D eigenvalue weighted by molar-refractivity contribution is 7.90. The van der Waals surface area contributed by atoms with Crippen molar-refractivity contribution in [3.8, 4) is 28.1 Å². The second kappa shape index (κ2) is 9.06. The average molecular weight is 535 g/mol. The summed E-state index contributed by atoms with van der Waals surface area (Å²) in [5.41, 5.74) is -0.281. The zero-order valence-electron chi connectivity index (χ0n) is 19.5. The molecule has 0 radical (unpaired) electrons. The van der Waals surface area contributed by atoms with E-state index < -0.39 is 27.3 Å². The van der Waals surface area contributed by atoms with Gasteiger partial charge in [-0.1, -0.05) is 48.0 Å². The van der Waals surface area contributed by atoms with Crippen molar-refractivity contribution < 1.29 is 26.7 Å². The van der Waals surface area contributed by atoms with Crippen molar-refractivity contribution in [1.29, 1.82) is 0 Å². The maximum absolute atomic E-state index is 13.6. The van der Waals surface area contributed by atoms with Gasteiger partial charge in [0.1, 0.15) is 0 Å². The molecular formula is C26H22ClF3N2O3S. The zero-order valence-corrected chi connectivity index (χ0v) is 21.1. The summed E-state index contributed by atoms with van der Waals surface area (Å²) in [6.45, 7) is 3.09. The SMILES string of the molecule is CC(C)(O)c1cc(-c2cc(C(F)(F)F)nn2-c2ccccc2Cl)ccc1-c1cccc(S(C)(=O)=O)c1. The van der Waals surface area contributed by atoms with Crippen LogP contribution in [0, 0.1) is 0 Å². The predicted octanol–water partition coefficient (Wildman–Crippen LogP) is 6.51. The minimum absolute atomic E-state index is 0.109. The van der Waals surface area contributed by atoms with E-state index in [1.54, 1.807) is 68.4 Å². The largest absolute Gasteiger partial charge is 0.435 e. The molecule has 0 atom stereocenters. The third kappa shape index (κ3) is 5.18. The number of aromatic nitrogens is 2. The van der Waals surface area contributed by atoms with Crippen LogP contribution >= 0.6 is 11.6 Å². The van der Waals surface area contributed by atoms with Gasteiger partial charge in [0.25, 0.3) is 0 Å². The number of hydrogen-bond donors (Lipinski definition) is 1. The summed E-state index contributed by atoms with van der Waals surface area (Å²) in [4.78, 5) is 0.109. The van der Waals surface area contributed by atoms with Crippen molar-refractivity contribution in [1.82, 2.24) is 9.78 Å². The van der Waals surface area contributed by atoms with E-state index in [9.17, 15) is 26.7 Å². The van der Waals surface area contributed by atoms with E-state index in [-0.39, 0.29) is 21.3 Å². The van der Waals surface area contributed by atoms with E-state index in [0.717, 1.165) is 17.0 Å². The molecule has 36 heavy (non-hydrogen) atoms. The molecule has 0 amide bonds. The molecule has 188 valence electrons. The zero-order chi connectivity index (χ0) is 26.5. The fraction of sp³-hybridized carbons (Fsp3) is 0.192. The van der Waals surface area contributed by atoms with Gasteiger partial charge >= 0.3 is 6.18 Å². The van der Waals surface area contributed by atoms with Crippen LogP contribution in [0.2, 0.25) is 5.02 Å². The Morgan fingerprint density at radius 1 is 0.917 bits per heavy atom. The number of alkyl halides is 3. The lowest BCUT2D eigenvalue weighted by Gasteiger charge is -2.23. The first-order valence-electron chi connectivity index (χ1n) is 10.8. The normalized spacial score (nSPS) is 12.7. The second-order valence-electron chi connectivity index (χ2n) is 8.90. The van der Waals surface area contributed by atoms with E-state index in [1.807, 2.05) is 0 Å². The molecule has 0 aliphatic heterocycles. The molecule has 10 heteroatoms. The number of sulfone groups is 1. The van der Waals surface area contributed by atoms with Crippen molar-refractivity contribution in [2.45, 2.75) is 30.5 Å². The van der Waals surface area contributed by atoms with E-state index in [4.69, 9.17) is 11.6 Å². The molecule has 3 aromatic carbocycles. The molecule has 4 rings (SSSR count). The minimum atomic E-state index is -4.69. The van der Waals surface area contributed by atoms with Gasteiger partial charge in [0.15, 0.2) is 15.5 Å². The number of aliphatic hydroxyl groups is 1. The molecule has 0 fully saturated rings. The number of para-hydroxylation sites is 1. The average Bonchev–Trinajstić information content (AvgIpc) is 3.24. The Morgan fingerprint density at radius 2 is 1.61 bits per heavy atom. The molecule has 0 saturated heterocycles. The Hall–Kier alpha value is -3.14. The molecule has 1 heterocycles. The summed E-state index contributed by atoms with van der Waals surface area (Å²) in [6, 6.07) is 18.4. The lowest BCUT2D eigenvalue weighted by atomic mass is 9.87. The van der Waals surface area contributed by atoms with Gasteiger partial charge < -0.3 is 5.11 Å². The Labute approximate surface area is 211 Å².